The lowest BCUT2D eigenvalue weighted by atomic mass is 9.75. The zero-order valence-electron chi connectivity index (χ0n) is 21.7. The Morgan fingerprint density at radius 3 is 1.47 bits per heavy atom. The molecule has 1 aliphatic rings. The SMILES string of the molecule is CCCc1ccc(CCc2ccc(C3CCC(c4ccc(OCC)c(F)c4F)CC3)c(F)c2F)c(F)c1F. The number of hydrogen-bond donors (Lipinski definition) is 0. The molecule has 0 bridgehead atoms. The van der Waals surface area contributed by atoms with Crippen LogP contribution in [0.2, 0.25) is 0 Å². The summed E-state index contributed by atoms with van der Waals surface area (Å²) in [4.78, 5) is 0. The van der Waals surface area contributed by atoms with Crippen LogP contribution >= 0.6 is 0 Å². The lowest BCUT2D eigenvalue weighted by molar-refractivity contribution is 0.310. The van der Waals surface area contributed by atoms with Gasteiger partial charge < -0.3 is 4.74 Å². The molecule has 0 aromatic heterocycles. The molecule has 0 saturated heterocycles. The third-order valence-corrected chi connectivity index (χ3v) is 7.60. The van der Waals surface area contributed by atoms with Crippen molar-refractivity contribution in [3.63, 3.8) is 0 Å². The van der Waals surface area contributed by atoms with Crippen molar-refractivity contribution < 1.29 is 31.1 Å². The van der Waals surface area contributed by atoms with Gasteiger partial charge in [-0.25, -0.2) is 22.0 Å². The number of halogens is 6. The first-order valence-electron chi connectivity index (χ1n) is 13.3. The minimum atomic E-state index is -1.00. The van der Waals surface area contributed by atoms with Gasteiger partial charge in [0.1, 0.15) is 0 Å². The zero-order chi connectivity index (χ0) is 27.4. The van der Waals surface area contributed by atoms with Crippen molar-refractivity contribution in [2.45, 2.75) is 77.0 Å². The van der Waals surface area contributed by atoms with Crippen LogP contribution in [-0.2, 0) is 19.3 Å². The molecule has 0 atom stereocenters. The van der Waals surface area contributed by atoms with E-state index in [9.17, 15) is 22.0 Å². The molecule has 204 valence electrons. The minimum absolute atomic E-state index is 0.0296. The van der Waals surface area contributed by atoms with Crippen LogP contribution in [0.15, 0.2) is 36.4 Å². The highest BCUT2D eigenvalue weighted by atomic mass is 19.2. The quantitative estimate of drug-likeness (QED) is 0.249. The van der Waals surface area contributed by atoms with Gasteiger partial charge in [-0.15, -0.1) is 0 Å². The minimum Gasteiger partial charge on any atom is -0.491 e. The smallest absolute Gasteiger partial charge is 0.200 e. The van der Waals surface area contributed by atoms with Crippen molar-refractivity contribution in [3.05, 3.63) is 99.1 Å². The first-order chi connectivity index (χ1) is 18.3. The summed E-state index contributed by atoms with van der Waals surface area (Å²) in [5.74, 6) is -6.25. The Morgan fingerprint density at radius 1 is 0.553 bits per heavy atom. The van der Waals surface area contributed by atoms with E-state index in [1.165, 1.54) is 24.3 Å². The molecule has 38 heavy (non-hydrogen) atoms. The molecular weight excluding hydrogens is 502 g/mol. The third-order valence-electron chi connectivity index (χ3n) is 7.60. The highest BCUT2D eigenvalue weighted by molar-refractivity contribution is 5.35. The van der Waals surface area contributed by atoms with E-state index in [1.807, 2.05) is 6.92 Å². The monoisotopic (exact) mass is 534 g/mol. The van der Waals surface area contributed by atoms with Gasteiger partial charge in [-0.1, -0.05) is 43.7 Å². The fourth-order valence-corrected chi connectivity index (χ4v) is 5.51. The molecule has 1 aliphatic carbocycles. The Kier molecular flexibility index (Phi) is 9.06. The molecule has 0 aliphatic heterocycles. The molecule has 0 spiro atoms. The van der Waals surface area contributed by atoms with E-state index >= 15 is 4.39 Å². The Labute approximate surface area is 219 Å². The van der Waals surface area contributed by atoms with Crippen LogP contribution in [0.4, 0.5) is 26.3 Å². The summed E-state index contributed by atoms with van der Waals surface area (Å²) in [6.45, 7) is 3.79. The third kappa shape index (κ3) is 5.71. The van der Waals surface area contributed by atoms with Gasteiger partial charge in [0.25, 0.3) is 0 Å². The Morgan fingerprint density at radius 2 is 0.974 bits per heavy atom. The van der Waals surface area contributed by atoms with E-state index in [-0.39, 0.29) is 59.3 Å². The number of hydrogen-bond acceptors (Lipinski definition) is 1. The maximum Gasteiger partial charge on any atom is 0.200 e. The van der Waals surface area contributed by atoms with E-state index < -0.39 is 34.9 Å². The van der Waals surface area contributed by atoms with Crippen molar-refractivity contribution in [2.24, 2.45) is 0 Å². The summed E-state index contributed by atoms with van der Waals surface area (Å²) >= 11 is 0. The zero-order valence-corrected chi connectivity index (χ0v) is 21.7. The van der Waals surface area contributed by atoms with E-state index in [0.29, 0.717) is 44.1 Å². The topological polar surface area (TPSA) is 9.23 Å². The van der Waals surface area contributed by atoms with E-state index in [1.54, 1.807) is 19.1 Å². The van der Waals surface area contributed by atoms with Crippen LogP contribution in [0.5, 0.6) is 5.75 Å². The fourth-order valence-electron chi connectivity index (χ4n) is 5.51. The van der Waals surface area contributed by atoms with E-state index in [4.69, 9.17) is 4.74 Å². The van der Waals surface area contributed by atoms with Gasteiger partial charge in [-0.3, -0.25) is 0 Å². The Bertz CT molecular complexity index is 1280. The van der Waals surface area contributed by atoms with Gasteiger partial charge in [0.05, 0.1) is 6.61 Å². The number of aryl methyl sites for hydroxylation is 3. The number of benzene rings is 3. The second-order valence-electron chi connectivity index (χ2n) is 9.97. The maximum absolute atomic E-state index is 15.1. The predicted octanol–water partition coefficient (Wildman–Crippen LogP) is 9.10. The van der Waals surface area contributed by atoms with Crippen molar-refractivity contribution in [1.82, 2.24) is 0 Å². The lowest BCUT2D eigenvalue weighted by Crippen LogP contribution is -2.16. The van der Waals surface area contributed by atoms with Crippen LogP contribution < -0.4 is 4.74 Å². The summed E-state index contributed by atoms with van der Waals surface area (Å²) < 4.78 is 92.8. The molecule has 1 fully saturated rings. The Hall–Kier alpha value is -2.96. The maximum atomic E-state index is 15.1. The number of rotatable bonds is 9. The van der Waals surface area contributed by atoms with Crippen molar-refractivity contribution in [3.8, 4) is 5.75 Å². The van der Waals surface area contributed by atoms with E-state index in [0.717, 1.165) is 0 Å². The summed E-state index contributed by atoms with van der Waals surface area (Å²) in [5.41, 5.74) is 1.06. The standard InChI is InChI=1S/C31H32F6O/c1-3-5-20-10-11-21(27(33)26(20)32)12-13-22-14-15-23(29(35)28(22)34)18-6-8-19(9-7-18)24-16-17-25(38-4-2)31(37)30(24)36/h10-11,14-19H,3-9,12-13H2,1-2H3. The normalized spacial score (nSPS) is 17.6. The number of ether oxygens (including phenoxy) is 1. The van der Waals surface area contributed by atoms with Gasteiger partial charge in [-0.05, 0) is 97.6 Å². The molecular formula is C31H32F6O. The van der Waals surface area contributed by atoms with Crippen LogP contribution in [0.3, 0.4) is 0 Å². The van der Waals surface area contributed by atoms with Crippen LogP contribution in [-0.4, -0.2) is 6.61 Å². The summed E-state index contributed by atoms with van der Waals surface area (Å²) in [6, 6.07) is 9.06. The predicted molar refractivity (Wildman–Crippen MR) is 136 cm³/mol. The largest absolute Gasteiger partial charge is 0.491 e. The van der Waals surface area contributed by atoms with Crippen molar-refractivity contribution >= 4 is 0 Å². The Balaban J connectivity index is 1.42. The van der Waals surface area contributed by atoms with Crippen LogP contribution in [0, 0.1) is 34.9 Å². The first kappa shape index (κ1) is 28.1. The van der Waals surface area contributed by atoms with Crippen molar-refractivity contribution in [2.75, 3.05) is 6.61 Å². The van der Waals surface area contributed by atoms with Gasteiger partial charge in [0.2, 0.25) is 5.82 Å². The molecule has 0 amide bonds. The average Bonchev–Trinajstić information content (AvgIpc) is 2.92. The van der Waals surface area contributed by atoms with Gasteiger partial charge >= 0.3 is 0 Å². The highest BCUT2D eigenvalue weighted by Gasteiger charge is 2.29. The van der Waals surface area contributed by atoms with Crippen LogP contribution in [0.1, 0.15) is 85.6 Å². The average molecular weight is 535 g/mol. The molecule has 3 aromatic rings. The molecule has 7 heteroatoms. The molecule has 0 N–H and O–H groups in total. The van der Waals surface area contributed by atoms with Gasteiger partial charge in [0, 0.05) is 0 Å². The fraction of sp³-hybridized carbons (Fsp3) is 0.419. The molecule has 1 saturated carbocycles. The molecule has 0 radical (unpaired) electrons. The highest BCUT2D eigenvalue weighted by Crippen LogP contribution is 2.43. The first-order valence-corrected chi connectivity index (χ1v) is 13.3. The second kappa shape index (κ2) is 12.3. The van der Waals surface area contributed by atoms with Gasteiger partial charge in [0.15, 0.2) is 34.8 Å². The lowest BCUT2D eigenvalue weighted by Gasteiger charge is -2.30. The second-order valence-corrected chi connectivity index (χ2v) is 9.97. The molecule has 4 rings (SSSR count). The van der Waals surface area contributed by atoms with Crippen molar-refractivity contribution in [1.29, 1.82) is 0 Å². The molecule has 3 aromatic carbocycles. The molecule has 0 heterocycles. The van der Waals surface area contributed by atoms with Gasteiger partial charge in [-0.2, -0.15) is 4.39 Å². The van der Waals surface area contributed by atoms with Crippen LogP contribution in [0.25, 0.3) is 0 Å². The van der Waals surface area contributed by atoms with E-state index in [2.05, 4.69) is 0 Å². The summed E-state index contributed by atoms with van der Waals surface area (Å²) in [6.07, 6.45) is 3.21. The molecule has 1 nitrogen and oxygen atoms in total. The summed E-state index contributed by atoms with van der Waals surface area (Å²) in [7, 11) is 0. The molecule has 0 unspecified atom stereocenters. The summed E-state index contributed by atoms with van der Waals surface area (Å²) in [5, 5.41) is 0.